The van der Waals surface area contributed by atoms with Crippen molar-refractivity contribution in [1.82, 2.24) is 5.09 Å². The molecule has 0 aliphatic heterocycles. The summed E-state index contributed by atoms with van der Waals surface area (Å²) in [6, 6.07) is 7.25. The Kier molecular flexibility index (Phi) is 5.34. The van der Waals surface area contributed by atoms with Crippen LogP contribution in [-0.2, 0) is 14.1 Å². The van der Waals surface area contributed by atoms with Gasteiger partial charge in [-0.3, -0.25) is 4.79 Å². The second-order valence-corrected chi connectivity index (χ2v) is 5.01. The van der Waals surface area contributed by atoms with E-state index in [1.807, 2.05) is 0 Å². The first-order valence-electron chi connectivity index (χ1n) is 5.46. The lowest BCUT2D eigenvalue weighted by molar-refractivity contribution is -0.144. The predicted octanol–water partition coefficient (Wildman–Crippen LogP) is 1.71. The average Bonchev–Trinajstić information content (AvgIpc) is 2.29. The van der Waals surface area contributed by atoms with Crippen molar-refractivity contribution in [2.45, 2.75) is 19.9 Å². The number of carbonyl (C=O) groups is 1. The van der Waals surface area contributed by atoms with E-state index in [0.29, 0.717) is 0 Å². The molecule has 6 nitrogen and oxygen atoms in total. The maximum atomic E-state index is 11.7. The molecular formula is C11H16NO5P. The number of esters is 1. The summed E-state index contributed by atoms with van der Waals surface area (Å²) in [5.41, 5.74) is 0. The maximum absolute atomic E-state index is 11.7. The zero-order chi connectivity index (χ0) is 13.6. The van der Waals surface area contributed by atoms with E-state index in [1.54, 1.807) is 37.3 Å². The van der Waals surface area contributed by atoms with Gasteiger partial charge in [-0.2, -0.15) is 5.09 Å². The Morgan fingerprint density at radius 1 is 1.44 bits per heavy atom. The Balaban J connectivity index is 2.59. The molecular weight excluding hydrogens is 257 g/mol. The highest BCUT2D eigenvalue weighted by Gasteiger charge is 2.27. The van der Waals surface area contributed by atoms with Crippen LogP contribution in [0.4, 0.5) is 0 Å². The van der Waals surface area contributed by atoms with Crippen molar-refractivity contribution in [1.29, 1.82) is 0 Å². The van der Waals surface area contributed by atoms with E-state index in [9.17, 15) is 14.3 Å². The van der Waals surface area contributed by atoms with Crippen LogP contribution < -0.4 is 9.61 Å². The summed E-state index contributed by atoms with van der Waals surface area (Å²) in [7, 11) is -4.10. The van der Waals surface area contributed by atoms with Crippen LogP contribution in [-0.4, -0.2) is 23.5 Å². The fourth-order valence-corrected chi connectivity index (χ4v) is 2.27. The summed E-state index contributed by atoms with van der Waals surface area (Å²) < 4.78 is 21.3. The Morgan fingerprint density at radius 3 is 2.61 bits per heavy atom. The molecule has 0 spiro atoms. The summed E-state index contributed by atoms with van der Waals surface area (Å²) in [6.45, 7) is 3.29. The second kappa shape index (κ2) is 6.54. The molecule has 7 heteroatoms. The smallest absolute Gasteiger partial charge is 0.456 e. The van der Waals surface area contributed by atoms with Crippen molar-refractivity contribution in [3.8, 4) is 5.75 Å². The first-order valence-corrected chi connectivity index (χ1v) is 7.04. The van der Waals surface area contributed by atoms with Crippen LogP contribution >= 0.6 is 7.75 Å². The number of benzene rings is 1. The standard InChI is InChI=1S/C11H16NO5P/c1-3-16-11(13)9(2)12-18(14,15)17-10-7-5-4-6-8-10/h4-9H,3H2,1-2H3,(H2,12,14,15)/t9-/m1/s1. The van der Waals surface area contributed by atoms with Gasteiger partial charge >= 0.3 is 13.7 Å². The molecule has 0 heterocycles. The Hall–Kier alpha value is -1.36. The SMILES string of the molecule is CCOC(=O)[C@@H](C)NP(=O)(O)Oc1ccccc1. The minimum absolute atomic E-state index is 0.208. The first-order chi connectivity index (χ1) is 8.44. The van der Waals surface area contributed by atoms with E-state index in [1.165, 1.54) is 6.92 Å². The molecule has 0 bridgehead atoms. The van der Waals surface area contributed by atoms with Crippen LogP contribution in [0.5, 0.6) is 5.75 Å². The topological polar surface area (TPSA) is 84.9 Å². The number of hydrogen-bond donors (Lipinski definition) is 2. The molecule has 100 valence electrons. The third-order valence-corrected chi connectivity index (χ3v) is 3.14. The number of hydrogen-bond acceptors (Lipinski definition) is 4. The number of nitrogens with one attached hydrogen (secondary N) is 1. The van der Waals surface area contributed by atoms with Gasteiger partial charge in [0.2, 0.25) is 0 Å². The van der Waals surface area contributed by atoms with Gasteiger partial charge in [0.1, 0.15) is 11.8 Å². The predicted molar refractivity (Wildman–Crippen MR) is 66.1 cm³/mol. The van der Waals surface area contributed by atoms with Gasteiger partial charge in [0, 0.05) is 0 Å². The van der Waals surface area contributed by atoms with Crippen molar-refractivity contribution in [2.24, 2.45) is 0 Å². The molecule has 0 radical (unpaired) electrons. The van der Waals surface area contributed by atoms with Crippen molar-refractivity contribution < 1.29 is 23.5 Å². The lowest BCUT2D eigenvalue weighted by Crippen LogP contribution is -2.34. The largest absolute Gasteiger partial charge is 0.465 e. The number of carbonyl (C=O) groups excluding carboxylic acids is 1. The summed E-state index contributed by atoms with van der Waals surface area (Å²) >= 11 is 0. The second-order valence-electron chi connectivity index (χ2n) is 3.53. The maximum Gasteiger partial charge on any atom is 0.456 e. The average molecular weight is 273 g/mol. The van der Waals surface area contributed by atoms with Crippen LogP contribution in [0.25, 0.3) is 0 Å². The molecule has 1 rings (SSSR count). The lowest BCUT2D eigenvalue weighted by atomic mass is 10.3. The highest BCUT2D eigenvalue weighted by Crippen LogP contribution is 2.38. The van der Waals surface area contributed by atoms with E-state index in [2.05, 4.69) is 5.09 Å². The molecule has 0 aliphatic carbocycles. The fourth-order valence-electron chi connectivity index (χ4n) is 1.22. The summed E-state index contributed by atoms with van der Waals surface area (Å²) in [5.74, 6) is -0.365. The number of para-hydroxylation sites is 1. The molecule has 18 heavy (non-hydrogen) atoms. The van der Waals surface area contributed by atoms with E-state index < -0.39 is 19.8 Å². The van der Waals surface area contributed by atoms with Gasteiger partial charge in [0.05, 0.1) is 6.61 Å². The van der Waals surface area contributed by atoms with Gasteiger partial charge in [-0.15, -0.1) is 0 Å². The van der Waals surface area contributed by atoms with E-state index in [0.717, 1.165) is 0 Å². The van der Waals surface area contributed by atoms with Crippen molar-refractivity contribution >= 4 is 13.7 Å². The van der Waals surface area contributed by atoms with Gasteiger partial charge in [-0.25, -0.2) is 4.57 Å². The van der Waals surface area contributed by atoms with Crippen LogP contribution in [0.1, 0.15) is 13.8 Å². The normalized spacial score (nSPS) is 15.5. The molecule has 0 amide bonds. The minimum atomic E-state index is -4.10. The zero-order valence-electron chi connectivity index (χ0n) is 10.2. The van der Waals surface area contributed by atoms with Crippen molar-refractivity contribution in [3.05, 3.63) is 30.3 Å². The monoisotopic (exact) mass is 273 g/mol. The summed E-state index contributed by atoms with van der Waals surface area (Å²) in [6.07, 6.45) is 0. The molecule has 2 N–H and O–H groups in total. The van der Waals surface area contributed by atoms with Crippen LogP contribution in [0.15, 0.2) is 30.3 Å². The van der Waals surface area contributed by atoms with E-state index >= 15 is 0 Å². The number of rotatable bonds is 6. The molecule has 1 aromatic rings. The molecule has 0 aliphatic rings. The Bertz CT molecular complexity index is 436. The van der Waals surface area contributed by atoms with Crippen LogP contribution in [0.2, 0.25) is 0 Å². The minimum Gasteiger partial charge on any atom is -0.465 e. The third kappa shape index (κ3) is 4.87. The Labute approximate surface area is 106 Å². The highest BCUT2D eigenvalue weighted by molar-refractivity contribution is 7.51. The molecule has 1 aromatic carbocycles. The van der Waals surface area contributed by atoms with Gasteiger partial charge in [0.15, 0.2) is 0 Å². The van der Waals surface area contributed by atoms with Crippen LogP contribution in [0.3, 0.4) is 0 Å². The summed E-state index contributed by atoms with van der Waals surface area (Å²) in [5, 5.41) is 2.20. The molecule has 1 unspecified atom stereocenters. The van der Waals surface area contributed by atoms with Crippen molar-refractivity contribution in [3.63, 3.8) is 0 Å². The zero-order valence-corrected chi connectivity index (χ0v) is 11.1. The molecule has 0 saturated heterocycles. The third-order valence-electron chi connectivity index (χ3n) is 1.97. The molecule has 2 atom stereocenters. The summed E-state index contributed by atoms with van der Waals surface area (Å²) in [4.78, 5) is 20.9. The lowest BCUT2D eigenvalue weighted by Gasteiger charge is -2.17. The Morgan fingerprint density at radius 2 is 2.06 bits per heavy atom. The fraction of sp³-hybridized carbons (Fsp3) is 0.364. The van der Waals surface area contributed by atoms with Crippen LogP contribution in [0, 0.1) is 0 Å². The first kappa shape index (κ1) is 14.7. The molecule has 0 fully saturated rings. The van der Waals surface area contributed by atoms with Gasteiger partial charge in [-0.05, 0) is 26.0 Å². The quantitative estimate of drug-likeness (QED) is 0.606. The molecule has 0 saturated carbocycles. The van der Waals surface area contributed by atoms with E-state index in [-0.39, 0.29) is 12.4 Å². The van der Waals surface area contributed by atoms with Gasteiger partial charge in [0.25, 0.3) is 0 Å². The van der Waals surface area contributed by atoms with Gasteiger partial charge < -0.3 is 14.2 Å². The van der Waals surface area contributed by atoms with Gasteiger partial charge in [-0.1, -0.05) is 18.2 Å². The van der Waals surface area contributed by atoms with Crippen molar-refractivity contribution in [2.75, 3.05) is 6.61 Å². The van der Waals surface area contributed by atoms with E-state index in [4.69, 9.17) is 9.26 Å². The highest BCUT2D eigenvalue weighted by atomic mass is 31.2. The molecule has 0 aromatic heterocycles. The number of ether oxygens (including phenoxy) is 1.